The second-order valence-corrected chi connectivity index (χ2v) is 5.60. The van der Waals surface area contributed by atoms with Crippen LogP contribution in [0.1, 0.15) is 25.1 Å². The van der Waals surface area contributed by atoms with E-state index in [1.807, 2.05) is 19.0 Å². The predicted molar refractivity (Wildman–Crippen MR) is 81.1 cm³/mol. The van der Waals surface area contributed by atoms with E-state index in [1.54, 1.807) is 0 Å². The van der Waals surface area contributed by atoms with Gasteiger partial charge in [0.05, 0.1) is 5.84 Å². The quantitative estimate of drug-likeness (QED) is 0.540. The Balaban J connectivity index is 2.28. The SMILES string of the molecule is CN(C)c1ncnc(CCSC(=O)CCCC(=N)N)n1. The largest absolute Gasteiger partial charge is 0.388 e. The Labute approximate surface area is 122 Å². The number of aryl methyl sites for hydroxylation is 1. The summed E-state index contributed by atoms with van der Waals surface area (Å²) >= 11 is 1.27. The average molecular weight is 296 g/mol. The predicted octanol–water partition coefficient (Wildman–Crippen LogP) is 0.846. The van der Waals surface area contributed by atoms with Crippen molar-refractivity contribution in [3.8, 4) is 0 Å². The van der Waals surface area contributed by atoms with Crippen molar-refractivity contribution in [3.63, 3.8) is 0 Å². The first-order valence-electron chi connectivity index (χ1n) is 6.33. The van der Waals surface area contributed by atoms with Crippen LogP contribution in [-0.2, 0) is 11.2 Å². The van der Waals surface area contributed by atoms with Gasteiger partial charge in [0.15, 0.2) is 5.12 Å². The van der Waals surface area contributed by atoms with E-state index in [0.29, 0.717) is 43.2 Å². The smallest absolute Gasteiger partial charge is 0.228 e. The van der Waals surface area contributed by atoms with Gasteiger partial charge in [0.25, 0.3) is 0 Å². The summed E-state index contributed by atoms with van der Waals surface area (Å²) in [6, 6.07) is 0. The molecule has 0 bridgehead atoms. The van der Waals surface area contributed by atoms with Gasteiger partial charge in [-0.25, -0.2) is 9.97 Å². The van der Waals surface area contributed by atoms with Crippen molar-refractivity contribution in [2.45, 2.75) is 25.7 Å². The third-order valence-corrected chi connectivity index (χ3v) is 3.36. The van der Waals surface area contributed by atoms with Crippen molar-refractivity contribution in [1.82, 2.24) is 15.0 Å². The highest BCUT2D eigenvalue weighted by molar-refractivity contribution is 8.13. The van der Waals surface area contributed by atoms with E-state index in [1.165, 1.54) is 18.1 Å². The fourth-order valence-corrected chi connectivity index (χ4v) is 2.21. The number of thioether (sulfide) groups is 1. The summed E-state index contributed by atoms with van der Waals surface area (Å²) in [6.45, 7) is 0. The number of nitrogens with zero attached hydrogens (tertiary/aromatic N) is 4. The Morgan fingerprint density at radius 1 is 1.40 bits per heavy atom. The topological polar surface area (TPSA) is 109 Å². The number of aromatic nitrogens is 3. The lowest BCUT2D eigenvalue weighted by Gasteiger charge is -2.09. The zero-order chi connectivity index (χ0) is 15.0. The number of nitrogens with two attached hydrogens (primary N) is 1. The second kappa shape index (κ2) is 8.47. The van der Waals surface area contributed by atoms with Crippen LogP contribution in [0, 0.1) is 5.41 Å². The number of hydrogen-bond acceptors (Lipinski definition) is 7. The van der Waals surface area contributed by atoms with E-state index in [0.717, 1.165) is 0 Å². The van der Waals surface area contributed by atoms with Crippen LogP contribution in [0.5, 0.6) is 0 Å². The van der Waals surface area contributed by atoms with Crippen LogP contribution < -0.4 is 10.6 Å². The maximum absolute atomic E-state index is 11.6. The van der Waals surface area contributed by atoms with Crippen LogP contribution in [0.25, 0.3) is 0 Å². The van der Waals surface area contributed by atoms with Gasteiger partial charge >= 0.3 is 0 Å². The van der Waals surface area contributed by atoms with Crippen LogP contribution in [0.2, 0.25) is 0 Å². The molecule has 1 aromatic heterocycles. The number of carbonyl (C=O) groups is 1. The lowest BCUT2D eigenvalue weighted by atomic mass is 10.2. The molecule has 0 radical (unpaired) electrons. The summed E-state index contributed by atoms with van der Waals surface area (Å²) in [5, 5.41) is 7.20. The third-order valence-electron chi connectivity index (χ3n) is 2.42. The molecule has 1 heterocycles. The molecular weight excluding hydrogens is 276 g/mol. The zero-order valence-electron chi connectivity index (χ0n) is 11.8. The molecule has 0 fully saturated rings. The lowest BCUT2D eigenvalue weighted by Crippen LogP contribution is -2.14. The molecule has 0 aromatic carbocycles. The normalized spacial score (nSPS) is 10.3. The van der Waals surface area contributed by atoms with Crippen LogP contribution in [-0.4, -0.2) is 45.8 Å². The molecule has 0 saturated carbocycles. The highest BCUT2D eigenvalue weighted by Gasteiger charge is 2.06. The van der Waals surface area contributed by atoms with Crippen LogP contribution >= 0.6 is 11.8 Å². The molecule has 8 heteroatoms. The summed E-state index contributed by atoms with van der Waals surface area (Å²) in [5.74, 6) is 2.08. The maximum atomic E-state index is 11.6. The Bertz CT molecular complexity index is 465. The molecule has 110 valence electrons. The van der Waals surface area contributed by atoms with Crippen LogP contribution in [0.3, 0.4) is 0 Å². The van der Waals surface area contributed by atoms with E-state index >= 15 is 0 Å². The Kier molecular flexibility index (Phi) is 6.92. The van der Waals surface area contributed by atoms with Gasteiger partial charge in [0.2, 0.25) is 5.95 Å². The van der Waals surface area contributed by atoms with Crippen molar-refractivity contribution in [2.75, 3.05) is 24.7 Å². The molecule has 3 N–H and O–H groups in total. The minimum atomic E-state index is 0.119. The Morgan fingerprint density at radius 3 is 2.80 bits per heavy atom. The number of anilines is 1. The van der Waals surface area contributed by atoms with Gasteiger partial charge in [0, 0.05) is 39.1 Å². The number of nitrogens with one attached hydrogen (secondary N) is 1. The number of rotatable bonds is 8. The summed E-state index contributed by atoms with van der Waals surface area (Å²) < 4.78 is 0. The Morgan fingerprint density at radius 2 is 2.15 bits per heavy atom. The summed E-state index contributed by atoms with van der Waals surface area (Å²) in [7, 11) is 3.73. The Hall–Kier alpha value is -1.70. The second-order valence-electron chi connectivity index (χ2n) is 4.45. The van der Waals surface area contributed by atoms with Crippen molar-refractivity contribution in [3.05, 3.63) is 12.2 Å². The lowest BCUT2D eigenvalue weighted by molar-refractivity contribution is -0.111. The van der Waals surface area contributed by atoms with Crippen LogP contribution in [0.15, 0.2) is 6.33 Å². The zero-order valence-corrected chi connectivity index (χ0v) is 12.6. The monoisotopic (exact) mass is 296 g/mol. The standard InChI is InChI=1S/C12H20N6OS/c1-18(2)12-16-8-15-10(17-12)6-7-20-11(19)5-3-4-9(13)14/h8H,3-7H2,1-2H3,(H3,13,14). The third kappa shape index (κ3) is 6.46. The molecule has 0 aliphatic carbocycles. The molecule has 0 aliphatic heterocycles. The molecule has 0 amide bonds. The van der Waals surface area contributed by atoms with E-state index in [4.69, 9.17) is 11.1 Å². The fraction of sp³-hybridized carbons (Fsp3) is 0.583. The van der Waals surface area contributed by atoms with Crippen molar-refractivity contribution < 1.29 is 4.79 Å². The fourth-order valence-electron chi connectivity index (χ4n) is 1.41. The van der Waals surface area contributed by atoms with Gasteiger partial charge in [-0.1, -0.05) is 11.8 Å². The molecule has 0 atom stereocenters. The summed E-state index contributed by atoms with van der Waals surface area (Å²) in [5.41, 5.74) is 5.23. The molecule has 20 heavy (non-hydrogen) atoms. The average Bonchev–Trinajstić information content (AvgIpc) is 2.38. The summed E-state index contributed by atoms with van der Waals surface area (Å²) in [4.78, 5) is 25.8. The first kappa shape index (κ1) is 16.4. The molecule has 1 rings (SSSR count). The minimum Gasteiger partial charge on any atom is -0.388 e. The minimum absolute atomic E-state index is 0.119. The number of carbonyl (C=O) groups excluding carboxylic acids is 1. The number of hydrogen-bond donors (Lipinski definition) is 2. The van der Waals surface area contributed by atoms with Crippen LogP contribution in [0.4, 0.5) is 5.95 Å². The van der Waals surface area contributed by atoms with Gasteiger partial charge in [-0.05, 0) is 6.42 Å². The molecule has 0 aliphatic rings. The highest BCUT2D eigenvalue weighted by atomic mass is 32.2. The van der Waals surface area contributed by atoms with Crippen molar-refractivity contribution in [2.24, 2.45) is 5.73 Å². The van der Waals surface area contributed by atoms with Crippen molar-refractivity contribution >= 4 is 28.7 Å². The molecule has 0 unspecified atom stereocenters. The molecule has 7 nitrogen and oxygen atoms in total. The molecular formula is C12H20N6OS. The van der Waals surface area contributed by atoms with Crippen molar-refractivity contribution in [1.29, 1.82) is 5.41 Å². The van der Waals surface area contributed by atoms with E-state index in [-0.39, 0.29) is 11.0 Å². The van der Waals surface area contributed by atoms with E-state index < -0.39 is 0 Å². The van der Waals surface area contributed by atoms with E-state index in [9.17, 15) is 4.79 Å². The van der Waals surface area contributed by atoms with Gasteiger partial charge in [0.1, 0.15) is 12.2 Å². The van der Waals surface area contributed by atoms with Gasteiger partial charge in [-0.2, -0.15) is 4.98 Å². The first-order chi connectivity index (χ1) is 9.49. The molecule has 0 spiro atoms. The first-order valence-corrected chi connectivity index (χ1v) is 7.31. The number of amidine groups is 1. The summed E-state index contributed by atoms with van der Waals surface area (Å²) in [6.07, 6.45) is 3.68. The molecule has 0 saturated heterocycles. The van der Waals surface area contributed by atoms with Gasteiger partial charge < -0.3 is 10.6 Å². The van der Waals surface area contributed by atoms with Gasteiger partial charge in [-0.15, -0.1) is 0 Å². The van der Waals surface area contributed by atoms with Gasteiger partial charge in [-0.3, -0.25) is 10.2 Å². The van der Waals surface area contributed by atoms with E-state index in [2.05, 4.69) is 15.0 Å². The molecule has 1 aromatic rings. The maximum Gasteiger partial charge on any atom is 0.228 e. The highest BCUT2D eigenvalue weighted by Crippen LogP contribution is 2.11.